The predicted molar refractivity (Wildman–Crippen MR) is 131 cm³/mol. The Bertz CT molecular complexity index is 1250. The number of β-lactam (4-membered cyclic amide) rings is 1. The lowest BCUT2D eigenvalue weighted by molar-refractivity contribution is -0.150. The Morgan fingerprint density at radius 3 is 2.81 bits per heavy atom. The van der Waals surface area contributed by atoms with E-state index in [1.165, 1.54) is 40.7 Å². The maximum absolute atomic E-state index is 12.9. The molecule has 0 bridgehead atoms. The Hall–Kier alpha value is -3.29. The molecular weight excluding hydrogens is 557 g/mol. The number of hydrogen-bond acceptors (Lipinski definition) is 14. The van der Waals surface area contributed by atoms with Crippen LogP contribution in [-0.2, 0) is 24.0 Å². The number of hydrogen-bond donors (Lipinski definition) is 5. The predicted octanol–water partition coefficient (Wildman–Crippen LogP) is -0.172. The van der Waals surface area contributed by atoms with Gasteiger partial charge in [-0.05, 0) is 0 Å². The fourth-order valence-corrected chi connectivity index (χ4v) is 7.21. The number of thioether (sulfide) groups is 3. The fraction of sp³-hybridized carbons (Fsp3) is 0.294. The van der Waals surface area contributed by atoms with E-state index in [1.807, 2.05) is 0 Å². The topological polar surface area (TPSA) is 226 Å². The van der Waals surface area contributed by atoms with Crippen molar-refractivity contribution in [2.45, 2.75) is 16.4 Å². The van der Waals surface area contributed by atoms with E-state index in [0.29, 0.717) is 20.8 Å². The number of aromatic amines is 1. The molecule has 0 aliphatic carbocycles. The van der Waals surface area contributed by atoms with E-state index in [2.05, 4.69) is 35.7 Å². The molecule has 0 aromatic carbocycles. The molecule has 4 rings (SSSR count). The molecule has 19 heteroatoms. The molecule has 36 heavy (non-hydrogen) atoms. The zero-order valence-electron chi connectivity index (χ0n) is 17.8. The lowest BCUT2D eigenvalue weighted by atomic mass is 10.0. The minimum atomic E-state index is -1.30. The van der Waals surface area contributed by atoms with Crippen molar-refractivity contribution < 1.29 is 34.2 Å². The van der Waals surface area contributed by atoms with Gasteiger partial charge < -0.3 is 26.1 Å². The van der Waals surface area contributed by atoms with E-state index < -0.39 is 41.8 Å². The van der Waals surface area contributed by atoms with Crippen molar-refractivity contribution in [3.8, 4) is 0 Å². The first-order valence-electron chi connectivity index (χ1n) is 9.72. The zero-order chi connectivity index (χ0) is 25.8. The number of rotatable bonds is 11. The van der Waals surface area contributed by atoms with Crippen LogP contribution in [0.5, 0.6) is 0 Å². The minimum absolute atomic E-state index is 0.0368. The molecule has 4 heterocycles. The van der Waals surface area contributed by atoms with Crippen LogP contribution >= 0.6 is 46.6 Å². The summed E-state index contributed by atoms with van der Waals surface area (Å²) in [5.74, 6) is -3.70. The van der Waals surface area contributed by atoms with Crippen molar-refractivity contribution in [3.05, 3.63) is 27.9 Å². The number of nitrogens with zero attached hydrogens (tertiary/aromatic N) is 5. The van der Waals surface area contributed by atoms with Gasteiger partial charge in [-0.25, -0.2) is 14.6 Å². The van der Waals surface area contributed by atoms with E-state index >= 15 is 0 Å². The molecule has 2 aromatic rings. The van der Waals surface area contributed by atoms with Gasteiger partial charge in [0.05, 0.1) is 11.3 Å². The van der Waals surface area contributed by atoms with Gasteiger partial charge in [0.1, 0.15) is 27.8 Å². The van der Waals surface area contributed by atoms with Crippen LogP contribution in [0.2, 0.25) is 0 Å². The van der Waals surface area contributed by atoms with Crippen LogP contribution in [0.4, 0.5) is 5.13 Å². The highest BCUT2D eigenvalue weighted by Gasteiger charge is 2.54. The number of H-pyrrole nitrogens is 1. The zero-order valence-corrected chi connectivity index (χ0v) is 21.1. The number of aliphatic carboxylic acids is 2. The Kier molecular flexibility index (Phi) is 8.01. The Balaban J connectivity index is 1.46. The lowest BCUT2D eigenvalue weighted by Gasteiger charge is -2.49. The average molecular weight is 573 g/mol. The van der Waals surface area contributed by atoms with Gasteiger partial charge in [-0.15, -0.1) is 40.0 Å². The maximum atomic E-state index is 12.9. The summed E-state index contributed by atoms with van der Waals surface area (Å²) in [7, 11) is 0. The van der Waals surface area contributed by atoms with Gasteiger partial charge in [-0.2, -0.15) is 10.3 Å². The van der Waals surface area contributed by atoms with Gasteiger partial charge in [0.25, 0.3) is 11.8 Å². The smallest absolute Gasteiger partial charge is 0.353 e. The number of nitrogen functional groups attached to an aromatic ring is 1. The number of aromatic nitrogens is 4. The van der Waals surface area contributed by atoms with Crippen molar-refractivity contribution in [1.82, 2.24) is 30.6 Å². The number of oxime groups is 1. The third kappa shape index (κ3) is 5.58. The average Bonchev–Trinajstić information content (AvgIpc) is 3.51. The molecule has 2 aliphatic heterocycles. The summed E-state index contributed by atoms with van der Waals surface area (Å²) >= 11 is 4.97. The molecule has 1 fully saturated rings. The van der Waals surface area contributed by atoms with Crippen LogP contribution in [0.3, 0.4) is 0 Å². The van der Waals surface area contributed by atoms with Gasteiger partial charge in [0.2, 0.25) is 6.61 Å². The van der Waals surface area contributed by atoms with Crippen LogP contribution in [0, 0.1) is 0 Å². The second-order valence-corrected chi connectivity index (χ2v) is 11.3. The summed E-state index contributed by atoms with van der Waals surface area (Å²) < 4.78 is 0. The second kappa shape index (κ2) is 11.2. The molecule has 0 radical (unpaired) electrons. The number of carboxylic acids is 2. The Labute approximate surface area is 218 Å². The van der Waals surface area contributed by atoms with Crippen LogP contribution in [0.25, 0.3) is 0 Å². The second-order valence-electron chi connectivity index (χ2n) is 6.83. The minimum Gasteiger partial charge on any atom is -0.479 e. The van der Waals surface area contributed by atoms with Crippen molar-refractivity contribution in [2.75, 3.05) is 23.2 Å². The number of carbonyl (C=O) groups is 4. The fourth-order valence-electron chi connectivity index (χ4n) is 3.09. The van der Waals surface area contributed by atoms with Gasteiger partial charge in [-0.1, -0.05) is 16.9 Å². The summed E-state index contributed by atoms with van der Waals surface area (Å²) in [6, 6.07) is -1.03. The number of carbonyl (C=O) groups excluding carboxylic acids is 2. The monoisotopic (exact) mass is 572 g/mol. The number of nitrogens with one attached hydrogen (secondary N) is 2. The van der Waals surface area contributed by atoms with E-state index in [4.69, 9.17) is 10.8 Å². The molecule has 0 spiro atoms. The molecule has 190 valence electrons. The third-order valence-electron chi connectivity index (χ3n) is 4.58. The number of carboxylic acid groups (broad SMARTS) is 2. The first-order valence-corrected chi connectivity index (χ1v) is 13.6. The van der Waals surface area contributed by atoms with Gasteiger partial charge in [0, 0.05) is 16.0 Å². The molecule has 1 saturated heterocycles. The number of amides is 2. The van der Waals surface area contributed by atoms with E-state index in [-0.39, 0.29) is 22.2 Å². The SMILES string of the molecule is Nc1nc(/C(=N\OCC(=O)O)C(=O)N[C@@H]2C(=O)N3C(C(=O)O)=C(SCSc4cn[nH]n4)CS[C@H]23)cs1. The molecule has 2 aliphatic rings. The van der Waals surface area contributed by atoms with Crippen LogP contribution < -0.4 is 11.1 Å². The molecule has 2 aromatic heterocycles. The van der Waals surface area contributed by atoms with Crippen molar-refractivity contribution in [2.24, 2.45) is 5.16 Å². The first kappa shape index (κ1) is 25.8. The third-order valence-corrected chi connectivity index (χ3v) is 8.84. The largest absolute Gasteiger partial charge is 0.479 e. The van der Waals surface area contributed by atoms with Crippen molar-refractivity contribution >= 4 is 81.2 Å². The molecule has 2 amide bonds. The van der Waals surface area contributed by atoms with Crippen molar-refractivity contribution in [3.63, 3.8) is 0 Å². The van der Waals surface area contributed by atoms with E-state index in [9.17, 15) is 24.3 Å². The van der Waals surface area contributed by atoms with Gasteiger partial charge in [0.15, 0.2) is 10.8 Å². The normalized spacial score (nSPS) is 19.5. The van der Waals surface area contributed by atoms with Crippen molar-refractivity contribution in [1.29, 1.82) is 0 Å². The summed E-state index contributed by atoms with van der Waals surface area (Å²) in [6.45, 7) is -0.798. The molecule has 15 nitrogen and oxygen atoms in total. The molecule has 6 N–H and O–H groups in total. The summed E-state index contributed by atoms with van der Waals surface area (Å²) in [5.41, 5.74) is 5.14. The van der Waals surface area contributed by atoms with E-state index in [1.54, 1.807) is 6.20 Å². The maximum Gasteiger partial charge on any atom is 0.353 e. The highest BCUT2D eigenvalue weighted by Crippen LogP contribution is 2.44. The first-order chi connectivity index (χ1) is 17.3. The number of anilines is 1. The number of fused-ring (bicyclic) bond motifs is 1. The summed E-state index contributed by atoms with van der Waals surface area (Å²) in [5, 5.41) is 36.7. The lowest BCUT2D eigenvalue weighted by Crippen LogP contribution is -2.71. The summed E-state index contributed by atoms with van der Waals surface area (Å²) in [6.07, 6.45) is 1.54. The standard InChI is InChI=1S/C17H16N8O7S4/c18-17-20-6(3-34-17)10(23-32-2-9(26)27)13(28)21-11-14(29)25-12(16(30)31)7(4-33-15(11)25)35-5-36-8-1-19-24-22-8/h1,3,11,15H,2,4-5H2,(H2,18,20)(H,21,28)(H,26,27)(H,30,31)(H,19,22,24)/b23-10+/t11-,15-/m1/s1. The molecule has 0 unspecified atom stereocenters. The number of nitrogens with two attached hydrogens (primary N) is 1. The Morgan fingerprint density at radius 2 is 2.17 bits per heavy atom. The highest BCUT2D eigenvalue weighted by atomic mass is 32.2. The van der Waals surface area contributed by atoms with Gasteiger partial charge in [-0.3, -0.25) is 14.5 Å². The molecule has 2 atom stereocenters. The molecular formula is C17H16N8O7S4. The van der Waals surface area contributed by atoms with Crippen LogP contribution in [-0.4, -0.2) is 93.8 Å². The number of thiazole rings is 1. The quantitative estimate of drug-likeness (QED) is 0.0774. The van der Waals surface area contributed by atoms with Crippen LogP contribution in [0.1, 0.15) is 5.69 Å². The van der Waals surface area contributed by atoms with Crippen LogP contribution in [0.15, 0.2) is 32.4 Å². The molecule has 0 saturated carbocycles. The highest BCUT2D eigenvalue weighted by molar-refractivity contribution is 8.18. The summed E-state index contributed by atoms with van der Waals surface area (Å²) in [4.78, 5) is 58.8. The Morgan fingerprint density at radius 1 is 1.36 bits per heavy atom. The van der Waals surface area contributed by atoms with Gasteiger partial charge >= 0.3 is 11.9 Å². The van der Waals surface area contributed by atoms with E-state index in [0.717, 1.165) is 16.2 Å².